The molecule has 0 aromatic heterocycles. The molecule has 0 saturated carbocycles. The minimum absolute atomic E-state index is 0.341. The zero-order valence-corrected chi connectivity index (χ0v) is 16.4. The maximum atomic E-state index is 12.6. The second-order valence-corrected chi connectivity index (χ2v) is 8.60. The van der Waals surface area contributed by atoms with Gasteiger partial charge in [-0.25, -0.2) is 8.42 Å². The monoisotopic (exact) mass is 386 g/mol. The van der Waals surface area contributed by atoms with Crippen LogP contribution in [0.2, 0.25) is 0 Å². The molecule has 1 N–H and O–H groups in total. The highest BCUT2D eigenvalue weighted by atomic mass is 32.2. The van der Waals surface area contributed by atoms with E-state index >= 15 is 0 Å². The smallest absolute Gasteiger partial charge is 0.243 e. The molecule has 6 heteroatoms. The lowest BCUT2D eigenvalue weighted by Gasteiger charge is -2.26. The molecule has 2 aromatic carbocycles. The summed E-state index contributed by atoms with van der Waals surface area (Å²) < 4.78 is 32.0. The van der Waals surface area contributed by atoms with Crippen LogP contribution in [0.3, 0.4) is 0 Å². The number of morpholine rings is 1. The maximum Gasteiger partial charge on any atom is 0.243 e. The van der Waals surface area contributed by atoms with Gasteiger partial charge in [0.1, 0.15) is 0 Å². The minimum atomic E-state index is -3.42. The molecular formula is C21H26N2O3S. The number of nitrogens with one attached hydrogen (secondary N) is 1. The summed E-state index contributed by atoms with van der Waals surface area (Å²) in [6.45, 7) is 5.31. The van der Waals surface area contributed by atoms with Crippen molar-refractivity contribution in [3.8, 4) is 0 Å². The van der Waals surface area contributed by atoms with E-state index in [-0.39, 0.29) is 0 Å². The Kier molecular flexibility index (Phi) is 6.79. The number of sulfonamides is 1. The summed E-state index contributed by atoms with van der Waals surface area (Å²) in [7, 11) is -3.42. The van der Waals surface area contributed by atoms with Crippen molar-refractivity contribution in [2.24, 2.45) is 0 Å². The van der Waals surface area contributed by atoms with Crippen molar-refractivity contribution in [3.63, 3.8) is 0 Å². The fraction of sp³-hybridized carbons (Fsp3) is 0.333. The third-order valence-electron chi connectivity index (χ3n) is 4.48. The van der Waals surface area contributed by atoms with Crippen LogP contribution >= 0.6 is 0 Å². The summed E-state index contributed by atoms with van der Waals surface area (Å²) in [5.41, 5.74) is 3.49. The van der Waals surface area contributed by atoms with Gasteiger partial charge in [0.25, 0.3) is 0 Å². The first-order valence-corrected chi connectivity index (χ1v) is 10.6. The Morgan fingerprint density at radius 1 is 1.07 bits per heavy atom. The third kappa shape index (κ3) is 5.49. The molecule has 0 spiro atoms. The molecule has 0 aliphatic carbocycles. The van der Waals surface area contributed by atoms with Gasteiger partial charge in [0.15, 0.2) is 0 Å². The van der Waals surface area contributed by atoms with Crippen molar-refractivity contribution < 1.29 is 13.2 Å². The fourth-order valence-electron chi connectivity index (χ4n) is 3.00. The molecule has 27 heavy (non-hydrogen) atoms. The van der Waals surface area contributed by atoms with Gasteiger partial charge in [-0.1, -0.05) is 54.1 Å². The number of benzene rings is 2. The van der Waals surface area contributed by atoms with Gasteiger partial charge in [-0.3, -0.25) is 0 Å². The van der Waals surface area contributed by atoms with E-state index in [1.807, 2.05) is 30.3 Å². The highest BCUT2D eigenvalue weighted by molar-refractivity contribution is 7.89. The van der Waals surface area contributed by atoms with E-state index in [1.54, 1.807) is 12.1 Å². The quantitative estimate of drug-likeness (QED) is 0.795. The molecular weight excluding hydrogens is 360 g/mol. The molecule has 0 radical (unpaired) electrons. The molecule has 1 aliphatic heterocycles. The second kappa shape index (κ2) is 9.28. The number of hydrogen-bond acceptors (Lipinski definition) is 4. The van der Waals surface area contributed by atoms with E-state index in [2.05, 4.69) is 30.4 Å². The highest BCUT2D eigenvalue weighted by Gasteiger charge is 2.25. The Morgan fingerprint density at radius 2 is 1.74 bits per heavy atom. The first-order valence-electron chi connectivity index (χ1n) is 9.15. The molecule has 144 valence electrons. The molecule has 1 saturated heterocycles. The molecule has 3 rings (SSSR count). The van der Waals surface area contributed by atoms with Gasteiger partial charge >= 0.3 is 0 Å². The second-order valence-electron chi connectivity index (χ2n) is 6.67. The first kappa shape index (κ1) is 19.8. The highest BCUT2D eigenvalue weighted by Crippen LogP contribution is 2.17. The number of ether oxygens (including phenoxy) is 1. The standard InChI is InChI=1S/C21H26N2O3S/c1-18(15-19-5-3-2-4-6-19)16-22-17-20-7-9-21(10-8-20)27(24,25)23-11-13-26-14-12-23/h2-10,15,22H,11-14,16-17H2,1H3/b18-15-. The average molecular weight is 387 g/mol. The molecule has 1 heterocycles. The van der Waals surface area contributed by atoms with Crippen LogP contribution in [-0.4, -0.2) is 45.6 Å². The van der Waals surface area contributed by atoms with Gasteiger partial charge in [0.2, 0.25) is 10.0 Å². The summed E-state index contributed by atoms with van der Waals surface area (Å²) in [5.74, 6) is 0. The van der Waals surface area contributed by atoms with Crippen LogP contribution < -0.4 is 5.32 Å². The maximum absolute atomic E-state index is 12.6. The van der Waals surface area contributed by atoms with E-state index in [0.717, 1.165) is 12.1 Å². The topological polar surface area (TPSA) is 58.6 Å². The summed E-state index contributed by atoms with van der Waals surface area (Å²) in [6, 6.07) is 17.3. The van der Waals surface area contributed by atoms with E-state index in [0.29, 0.717) is 37.7 Å². The van der Waals surface area contributed by atoms with E-state index < -0.39 is 10.0 Å². The average Bonchev–Trinajstić information content (AvgIpc) is 2.70. The normalized spacial score (nSPS) is 16.4. The lowest BCUT2D eigenvalue weighted by atomic mass is 10.1. The molecule has 1 aliphatic rings. The van der Waals surface area contributed by atoms with Crippen molar-refractivity contribution in [2.75, 3.05) is 32.8 Å². The van der Waals surface area contributed by atoms with Gasteiger partial charge in [-0.15, -0.1) is 0 Å². The fourth-order valence-corrected chi connectivity index (χ4v) is 4.41. The summed E-state index contributed by atoms with van der Waals surface area (Å²) in [5, 5.41) is 3.40. The number of nitrogens with zero attached hydrogens (tertiary/aromatic N) is 1. The molecule has 0 bridgehead atoms. The first-order chi connectivity index (χ1) is 13.1. The number of rotatable bonds is 7. The largest absolute Gasteiger partial charge is 0.379 e. The number of hydrogen-bond donors (Lipinski definition) is 1. The van der Waals surface area contributed by atoms with Crippen LogP contribution in [0.1, 0.15) is 18.1 Å². The lowest BCUT2D eigenvalue weighted by molar-refractivity contribution is 0.0730. The molecule has 5 nitrogen and oxygen atoms in total. The van der Waals surface area contributed by atoms with E-state index in [1.165, 1.54) is 15.4 Å². The van der Waals surface area contributed by atoms with Crippen LogP contribution in [0.25, 0.3) is 6.08 Å². The third-order valence-corrected chi connectivity index (χ3v) is 6.39. The van der Waals surface area contributed by atoms with Crippen LogP contribution in [-0.2, 0) is 21.3 Å². The van der Waals surface area contributed by atoms with E-state index in [4.69, 9.17) is 4.74 Å². The van der Waals surface area contributed by atoms with Crippen molar-refractivity contribution >= 4 is 16.1 Å². The van der Waals surface area contributed by atoms with Crippen LogP contribution in [0.4, 0.5) is 0 Å². The van der Waals surface area contributed by atoms with Gasteiger partial charge in [-0.05, 0) is 30.2 Å². The summed E-state index contributed by atoms with van der Waals surface area (Å²) >= 11 is 0. The van der Waals surface area contributed by atoms with Crippen molar-refractivity contribution in [1.82, 2.24) is 9.62 Å². The van der Waals surface area contributed by atoms with Crippen LogP contribution in [0.5, 0.6) is 0 Å². The Labute approximate surface area is 161 Å². The molecule has 0 unspecified atom stereocenters. The van der Waals surface area contributed by atoms with Gasteiger partial charge in [0, 0.05) is 26.2 Å². The molecule has 2 aromatic rings. The van der Waals surface area contributed by atoms with Gasteiger partial charge in [-0.2, -0.15) is 4.31 Å². The van der Waals surface area contributed by atoms with Crippen molar-refractivity contribution in [1.29, 1.82) is 0 Å². The van der Waals surface area contributed by atoms with Gasteiger partial charge in [0.05, 0.1) is 18.1 Å². The lowest BCUT2D eigenvalue weighted by Crippen LogP contribution is -2.40. The zero-order valence-electron chi connectivity index (χ0n) is 15.6. The SMILES string of the molecule is C/C(=C/c1ccccc1)CNCc1ccc(S(=O)(=O)N2CCOCC2)cc1. The Bertz CT molecular complexity index is 856. The summed E-state index contributed by atoms with van der Waals surface area (Å²) in [4.78, 5) is 0.341. The van der Waals surface area contributed by atoms with Crippen LogP contribution in [0, 0.1) is 0 Å². The molecule has 0 amide bonds. The van der Waals surface area contributed by atoms with Crippen molar-refractivity contribution in [2.45, 2.75) is 18.4 Å². The Balaban J connectivity index is 1.54. The Morgan fingerprint density at radius 3 is 2.41 bits per heavy atom. The minimum Gasteiger partial charge on any atom is -0.379 e. The zero-order chi connectivity index (χ0) is 19.1. The summed E-state index contributed by atoms with van der Waals surface area (Å²) in [6.07, 6.45) is 2.16. The van der Waals surface area contributed by atoms with E-state index in [9.17, 15) is 8.42 Å². The van der Waals surface area contributed by atoms with Crippen molar-refractivity contribution in [3.05, 3.63) is 71.3 Å². The molecule has 1 fully saturated rings. The van der Waals surface area contributed by atoms with Gasteiger partial charge < -0.3 is 10.1 Å². The van der Waals surface area contributed by atoms with Crippen LogP contribution in [0.15, 0.2) is 65.1 Å². The Hall–Kier alpha value is -1.99. The predicted octanol–water partition coefficient (Wildman–Crippen LogP) is 2.90. The predicted molar refractivity (Wildman–Crippen MR) is 108 cm³/mol. The molecule has 0 atom stereocenters.